The molecule has 1 unspecified atom stereocenters. The molecule has 1 amide bonds. The molecular formula is C16H21NO4. The number of aliphatic hydroxyl groups is 1. The first-order valence-corrected chi connectivity index (χ1v) is 7.13. The van der Waals surface area contributed by atoms with Crippen molar-refractivity contribution in [2.24, 2.45) is 11.3 Å². The molecule has 5 heteroatoms. The first kappa shape index (κ1) is 15.5. The molecule has 1 aromatic carbocycles. The summed E-state index contributed by atoms with van der Waals surface area (Å²) in [5.41, 5.74) is 0.424. The normalized spacial score (nSPS) is 21.8. The molecule has 114 valence electrons. The third-order valence-corrected chi connectivity index (χ3v) is 4.50. The van der Waals surface area contributed by atoms with Crippen molar-refractivity contribution >= 4 is 11.9 Å². The standard InChI is InChI=1S/C16H21NO4/c1-11(2)16(15(20)21)7-8-17(10-16)14(19)13-5-3-12(9-18)4-6-13/h3-6,11,18H,7-10H2,1-2H3,(H,20,21). The molecule has 1 aromatic rings. The van der Waals surface area contributed by atoms with Crippen LogP contribution in [0.25, 0.3) is 0 Å². The van der Waals surface area contributed by atoms with Gasteiger partial charge in [-0.1, -0.05) is 26.0 Å². The van der Waals surface area contributed by atoms with Crippen LogP contribution in [-0.4, -0.2) is 40.1 Å². The topological polar surface area (TPSA) is 77.8 Å². The van der Waals surface area contributed by atoms with E-state index in [-0.39, 0.29) is 25.0 Å². The Morgan fingerprint density at radius 1 is 1.29 bits per heavy atom. The molecule has 0 radical (unpaired) electrons. The van der Waals surface area contributed by atoms with Crippen molar-refractivity contribution in [2.45, 2.75) is 26.9 Å². The molecule has 1 fully saturated rings. The summed E-state index contributed by atoms with van der Waals surface area (Å²) in [5, 5.41) is 18.5. The number of likely N-dealkylation sites (tertiary alicyclic amines) is 1. The van der Waals surface area contributed by atoms with Crippen LogP contribution in [0.15, 0.2) is 24.3 Å². The molecule has 2 N–H and O–H groups in total. The van der Waals surface area contributed by atoms with Crippen LogP contribution in [0.2, 0.25) is 0 Å². The fourth-order valence-corrected chi connectivity index (χ4v) is 2.83. The van der Waals surface area contributed by atoms with Gasteiger partial charge in [-0.05, 0) is 30.0 Å². The number of aliphatic carboxylic acids is 1. The van der Waals surface area contributed by atoms with E-state index in [1.54, 1.807) is 29.2 Å². The number of carboxylic acids is 1. The van der Waals surface area contributed by atoms with Crippen LogP contribution in [0.5, 0.6) is 0 Å². The predicted octanol–water partition coefficient (Wildman–Crippen LogP) is 1.75. The third-order valence-electron chi connectivity index (χ3n) is 4.50. The fourth-order valence-electron chi connectivity index (χ4n) is 2.83. The summed E-state index contributed by atoms with van der Waals surface area (Å²) in [5.74, 6) is -1.00. The number of rotatable bonds is 4. The van der Waals surface area contributed by atoms with Gasteiger partial charge in [0.15, 0.2) is 0 Å². The van der Waals surface area contributed by atoms with Crippen LogP contribution in [0.3, 0.4) is 0 Å². The largest absolute Gasteiger partial charge is 0.481 e. The van der Waals surface area contributed by atoms with Crippen molar-refractivity contribution in [3.8, 4) is 0 Å². The van der Waals surface area contributed by atoms with Crippen LogP contribution < -0.4 is 0 Å². The van der Waals surface area contributed by atoms with Gasteiger partial charge in [0.05, 0.1) is 12.0 Å². The summed E-state index contributed by atoms with van der Waals surface area (Å²) in [6.45, 7) is 4.43. The number of hydrogen-bond acceptors (Lipinski definition) is 3. The summed E-state index contributed by atoms with van der Waals surface area (Å²) in [4.78, 5) is 25.7. The second-order valence-electron chi connectivity index (χ2n) is 5.95. The summed E-state index contributed by atoms with van der Waals surface area (Å²) in [6.07, 6.45) is 0.487. The molecule has 1 saturated heterocycles. The van der Waals surface area contributed by atoms with E-state index < -0.39 is 11.4 Å². The van der Waals surface area contributed by atoms with Crippen LogP contribution in [0.4, 0.5) is 0 Å². The molecule has 0 bridgehead atoms. The van der Waals surface area contributed by atoms with Crippen molar-refractivity contribution in [3.05, 3.63) is 35.4 Å². The van der Waals surface area contributed by atoms with E-state index in [2.05, 4.69) is 0 Å². The van der Waals surface area contributed by atoms with E-state index in [1.807, 2.05) is 13.8 Å². The number of carbonyl (C=O) groups is 2. The Morgan fingerprint density at radius 3 is 2.33 bits per heavy atom. The highest BCUT2D eigenvalue weighted by molar-refractivity contribution is 5.95. The maximum absolute atomic E-state index is 12.5. The van der Waals surface area contributed by atoms with Gasteiger partial charge < -0.3 is 15.1 Å². The lowest BCUT2D eigenvalue weighted by Gasteiger charge is -2.28. The lowest BCUT2D eigenvalue weighted by atomic mass is 9.76. The van der Waals surface area contributed by atoms with Crippen molar-refractivity contribution in [3.63, 3.8) is 0 Å². The second-order valence-corrected chi connectivity index (χ2v) is 5.95. The Morgan fingerprint density at radius 2 is 1.90 bits per heavy atom. The molecule has 0 aliphatic carbocycles. The van der Waals surface area contributed by atoms with E-state index in [9.17, 15) is 14.7 Å². The monoisotopic (exact) mass is 291 g/mol. The minimum absolute atomic E-state index is 0.0236. The number of nitrogens with zero attached hydrogens (tertiary/aromatic N) is 1. The number of carboxylic acid groups (broad SMARTS) is 1. The first-order chi connectivity index (χ1) is 9.90. The Kier molecular flexibility index (Phi) is 4.32. The van der Waals surface area contributed by atoms with Gasteiger partial charge in [0.2, 0.25) is 0 Å². The van der Waals surface area contributed by atoms with Crippen LogP contribution in [0.1, 0.15) is 36.2 Å². The van der Waals surface area contributed by atoms with Gasteiger partial charge >= 0.3 is 5.97 Å². The Labute approximate surface area is 124 Å². The Hall–Kier alpha value is -1.88. The van der Waals surface area contributed by atoms with E-state index >= 15 is 0 Å². The van der Waals surface area contributed by atoms with Crippen LogP contribution in [0, 0.1) is 11.3 Å². The SMILES string of the molecule is CC(C)C1(C(=O)O)CCN(C(=O)c2ccc(CO)cc2)C1. The highest BCUT2D eigenvalue weighted by Gasteiger charge is 2.48. The maximum atomic E-state index is 12.5. The van der Waals surface area contributed by atoms with Gasteiger partial charge in [-0.3, -0.25) is 9.59 Å². The van der Waals surface area contributed by atoms with Crippen molar-refractivity contribution in [2.75, 3.05) is 13.1 Å². The summed E-state index contributed by atoms with van der Waals surface area (Å²) in [6, 6.07) is 6.75. The average molecular weight is 291 g/mol. The average Bonchev–Trinajstić information content (AvgIpc) is 2.93. The molecule has 0 aromatic heterocycles. The zero-order chi connectivity index (χ0) is 15.6. The number of amides is 1. The van der Waals surface area contributed by atoms with Gasteiger partial charge in [-0.15, -0.1) is 0 Å². The van der Waals surface area contributed by atoms with Gasteiger partial charge in [-0.2, -0.15) is 0 Å². The fraction of sp³-hybridized carbons (Fsp3) is 0.500. The molecule has 1 heterocycles. The number of benzene rings is 1. The highest BCUT2D eigenvalue weighted by Crippen LogP contribution is 2.38. The first-order valence-electron chi connectivity index (χ1n) is 7.13. The van der Waals surface area contributed by atoms with Crippen LogP contribution in [-0.2, 0) is 11.4 Å². The number of carbonyl (C=O) groups excluding carboxylic acids is 1. The lowest BCUT2D eigenvalue weighted by Crippen LogP contribution is -2.40. The lowest BCUT2D eigenvalue weighted by molar-refractivity contribution is -0.150. The number of hydrogen-bond donors (Lipinski definition) is 2. The van der Waals surface area contributed by atoms with E-state index in [1.165, 1.54) is 0 Å². The molecular weight excluding hydrogens is 270 g/mol. The molecule has 1 aliphatic heterocycles. The molecule has 0 saturated carbocycles. The van der Waals surface area contributed by atoms with E-state index in [0.29, 0.717) is 18.5 Å². The highest BCUT2D eigenvalue weighted by atomic mass is 16.4. The van der Waals surface area contributed by atoms with Crippen LogP contribution >= 0.6 is 0 Å². The smallest absolute Gasteiger partial charge is 0.311 e. The Bertz CT molecular complexity index is 538. The minimum atomic E-state index is -0.847. The zero-order valence-corrected chi connectivity index (χ0v) is 12.4. The molecule has 0 spiro atoms. The quantitative estimate of drug-likeness (QED) is 0.886. The number of aliphatic hydroxyl groups excluding tert-OH is 1. The van der Waals surface area contributed by atoms with Gasteiger partial charge in [0.1, 0.15) is 0 Å². The zero-order valence-electron chi connectivity index (χ0n) is 12.4. The predicted molar refractivity (Wildman–Crippen MR) is 77.8 cm³/mol. The maximum Gasteiger partial charge on any atom is 0.311 e. The third kappa shape index (κ3) is 2.78. The minimum Gasteiger partial charge on any atom is -0.481 e. The molecule has 2 rings (SSSR count). The van der Waals surface area contributed by atoms with E-state index in [4.69, 9.17) is 5.11 Å². The summed E-state index contributed by atoms with van der Waals surface area (Å²) < 4.78 is 0. The molecule has 21 heavy (non-hydrogen) atoms. The molecule has 1 aliphatic rings. The van der Waals surface area contributed by atoms with Crippen molar-refractivity contribution < 1.29 is 19.8 Å². The van der Waals surface area contributed by atoms with Crippen molar-refractivity contribution in [1.82, 2.24) is 4.90 Å². The van der Waals surface area contributed by atoms with Gasteiger partial charge in [0, 0.05) is 18.7 Å². The second kappa shape index (κ2) is 5.85. The van der Waals surface area contributed by atoms with E-state index in [0.717, 1.165) is 5.56 Å². The van der Waals surface area contributed by atoms with Gasteiger partial charge in [0.25, 0.3) is 5.91 Å². The molecule has 5 nitrogen and oxygen atoms in total. The van der Waals surface area contributed by atoms with Gasteiger partial charge in [-0.25, -0.2) is 0 Å². The summed E-state index contributed by atoms with van der Waals surface area (Å²) >= 11 is 0. The molecule has 1 atom stereocenters. The summed E-state index contributed by atoms with van der Waals surface area (Å²) in [7, 11) is 0. The Balaban J connectivity index is 2.16. The van der Waals surface area contributed by atoms with Crippen molar-refractivity contribution in [1.29, 1.82) is 0 Å².